The van der Waals surface area contributed by atoms with Gasteiger partial charge >= 0.3 is 0 Å². The third-order valence-corrected chi connectivity index (χ3v) is 6.71. The van der Waals surface area contributed by atoms with E-state index in [4.69, 9.17) is 9.26 Å². The first-order valence-corrected chi connectivity index (χ1v) is 11.0. The number of pyridine rings is 1. The van der Waals surface area contributed by atoms with E-state index in [1.807, 2.05) is 39.8 Å². The number of benzene rings is 1. The van der Waals surface area contributed by atoms with Crippen LogP contribution in [0.3, 0.4) is 0 Å². The van der Waals surface area contributed by atoms with Crippen molar-refractivity contribution in [2.24, 2.45) is 5.92 Å². The van der Waals surface area contributed by atoms with Crippen molar-refractivity contribution in [2.45, 2.75) is 44.6 Å². The molecule has 1 N–H and O–H groups in total. The Bertz CT molecular complexity index is 1090. The minimum Gasteiger partial charge on any atom is -0.474 e. The van der Waals surface area contributed by atoms with Gasteiger partial charge in [-0.3, -0.25) is 14.4 Å². The molecule has 1 aliphatic carbocycles. The summed E-state index contributed by atoms with van der Waals surface area (Å²) in [6.45, 7) is 1.27. The molecule has 0 radical (unpaired) electrons. The van der Waals surface area contributed by atoms with Gasteiger partial charge in [-0.05, 0) is 18.4 Å². The average molecular weight is 441 g/mol. The van der Waals surface area contributed by atoms with Crippen LogP contribution in [0.15, 0.2) is 41.3 Å². The van der Waals surface area contributed by atoms with Crippen molar-refractivity contribution >= 4 is 21.3 Å². The van der Waals surface area contributed by atoms with Gasteiger partial charge < -0.3 is 24.0 Å². The molecule has 2 aliphatic heterocycles. The van der Waals surface area contributed by atoms with E-state index < -0.39 is 17.6 Å². The molecule has 1 saturated heterocycles. The van der Waals surface area contributed by atoms with Crippen molar-refractivity contribution in [3.05, 3.63) is 63.6 Å². The molecule has 3 heterocycles. The van der Waals surface area contributed by atoms with Crippen LogP contribution >= 0.6 is 9.47 Å². The van der Waals surface area contributed by atoms with Crippen molar-refractivity contribution in [3.63, 3.8) is 0 Å². The normalized spacial score (nSPS) is 24.2. The summed E-state index contributed by atoms with van der Waals surface area (Å²) in [5.74, 6) is -0.579. The Morgan fingerprint density at radius 1 is 1.23 bits per heavy atom. The van der Waals surface area contributed by atoms with Crippen LogP contribution in [-0.2, 0) is 17.8 Å². The molecule has 3 aliphatic rings. The number of hydrogen-bond acceptors (Lipinski definition) is 5. The van der Waals surface area contributed by atoms with Crippen LogP contribution in [0.2, 0.25) is 0 Å². The summed E-state index contributed by atoms with van der Waals surface area (Å²) in [6, 6.07) is 9.56. The zero-order chi connectivity index (χ0) is 21.5. The summed E-state index contributed by atoms with van der Waals surface area (Å²) in [5, 5.41) is 2.77. The van der Waals surface area contributed by atoms with Crippen molar-refractivity contribution in [1.82, 2.24) is 14.8 Å². The van der Waals surface area contributed by atoms with Crippen LogP contribution in [0.1, 0.15) is 45.7 Å². The second kappa shape index (κ2) is 8.09. The van der Waals surface area contributed by atoms with Gasteiger partial charge in [0.2, 0.25) is 5.43 Å². The third kappa shape index (κ3) is 3.44. The van der Waals surface area contributed by atoms with Crippen molar-refractivity contribution in [2.75, 3.05) is 6.61 Å². The fourth-order valence-electron chi connectivity index (χ4n) is 4.97. The SMILES string of the molecule is O=C(NCc1ccccc1)c1cn2c(c(OP)c1=O)C(=O)N1[C@@H](C2)OC[C@@H]2CCC[C@@H]21. The molecule has 1 saturated carbocycles. The van der Waals surface area contributed by atoms with Crippen molar-refractivity contribution in [1.29, 1.82) is 0 Å². The number of fused-ring (bicyclic) bond motifs is 4. The lowest BCUT2D eigenvalue weighted by molar-refractivity contribution is -0.134. The highest BCUT2D eigenvalue weighted by atomic mass is 31.0. The molecule has 1 aromatic carbocycles. The number of aromatic nitrogens is 1. The van der Waals surface area contributed by atoms with Gasteiger partial charge in [0.15, 0.2) is 17.7 Å². The second-order valence-corrected chi connectivity index (χ2v) is 8.48. The van der Waals surface area contributed by atoms with E-state index in [1.165, 1.54) is 6.20 Å². The monoisotopic (exact) mass is 441 g/mol. The highest BCUT2D eigenvalue weighted by Gasteiger charge is 2.47. The van der Waals surface area contributed by atoms with Gasteiger partial charge in [0.05, 0.1) is 22.6 Å². The highest BCUT2D eigenvalue weighted by molar-refractivity contribution is 7.10. The zero-order valence-corrected chi connectivity index (χ0v) is 18.1. The summed E-state index contributed by atoms with van der Waals surface area (Å²) in [7, 11) is 2.03. The first-order valence-electron chi connectivity index (χ1n) is 10.5. The molecule has 162 valence electrons. The van der Waals surface area contributed by atoms with Crippen LogP contribution in [0, 0.1) is 5.92 Å². The summed E-state index contributed by atoms with van der Waals surface area (Å²) in [4.78, 5) is 41.0. The van der Waals surface area contributed by atoms with Crippen molar-refractivity contribution < 1.29 is 18.8 Å². The number of carbonyl (C=O) groups excluding carboxylic acids is 2. The van der Waals surface area contributed by atoms with E-state index in [0.29, 0.717) is 25.6 Å². The molecule has 0 spiro atoms. The molecule has 0 bridgehead atoms. The molecule has 31 heavy (non-hydrogen) atoms. The lowest BCUT2D eigenvalue weighted by Crippen LogP contribution is -2.59. The zero-order valence-electron chi connectivity index (χ0n) is 17.0. The molecule has 2 fully saturated rings. The lowest BCUT2D eigenvalue weighted by atomic mass is 9.98. The maximum atomic E-state index is 13.4. The summed E-state index contributed by atoms with van der Waals surface area (Å²) in [5.41, 5.74) is 0.434. The van der Waals surface area contributed by atoms with Gasteiger partial charge in [-0.25, -0.2) is 0 Å². The molecule has 5 rings (SSSR count). The van der Waals surface area contributed by atoms with Crippen LogP contribution in [0.5, 0.6) is 5.75 Å². The minimum atomic E-state index is -0.598. The van der Waals surface area contributed by atoms with Crippen LogP contribution in [-0.4, -0.2) is 40.2 Å². The molecule has 4 atom stereocenters. The average Bonchev–Trinajstić information content (AvgIpc) is 3.27. The van der Waals surface area contributed by atoms with E-state index in [2.05, 4.69) is 5.32 Å². The second-order valence-electron chi connectivity index (χ2n) is 8.25. The maximum Gasteiger partial charge on any atom is 0.276 e. The third-order valence-electron chi connectivity index (χ3n) is 6.48. The van der Waals surface area contributed by atoms with Crippen LogP contribution < -0.4 is 15.3 Å². The van der Waals surface area contributed by atoms with E-state index in [-0.39, 0.29) is 29.0 Å². The molecule has 1 unspecified atom stereocenters. The molecule has 9 heteroatoms. The predicted molar refractivity (Wildman–Crippen MR) is 116 cm³/mol. The molecule has 8 nitrogen and oxygen atoms in total. The largest absolute Gasteiger partial charge is 0.474 e. The summed E-state index contributed by atoms with van der Waals surface area (Å²) in [6.07, 6.45) is 4.10. The topological polar surface area (TPSA) is 89.9 Å². The Kier molecular flexibility index (Phi) is 5.28. The fourth-order valence-corrected chi connectivity index (χ4v) is 5.19. The number of carbonyl (C=O) groups is 2. The Morgan fingerprint density at radius 3 is 2.81 bits per heavy atom. The van der Waals surface area contributed by atoms with E-state index in [0.717, 1.165) is 24.8 Å². The molecule has 2 amide bonds. The number of nitrogens with zero attached hydrogens (tertiary/aromatic N) is 2. The molecular formula is C22H24N3O5P. The molecular weight excluding hydrogens is 417 g/mol. The number of amides is 2. The Labute approximate surface area is 181 Å². The van der Waals surface area contributed by atoms with E-state index in [1.54, 1.807) is 9.47 Å². The maximum absolute atomic E-state index is 13.4. The van der Waals surface area contributed by atoms with Gasteiger partial charge in [-0.1, -0.05) is 36.8 Å². The number of hydrogen-bond donors (Lipinski definition) is 1. The number of rotatable bonds is 4. The van der Waals surface area contributed by atoms with Gasteiger partial charge in [0.1, 0.15) is 5.56 Å². The molecule has 1 aromatic heterocycles. The Hall–Kier alpha value is -2.70. The number of nitrogens with one attached hydrogen (secondary N) is 1. The quantitative estimate of drug-likeness (QED) is 0.733. The summed E-state index contributed by atoms with van der Waals surface area (Å²) >= 11 is 0. The van der Waals surface area contributed by atoms with Gasteiger partial charge in [0.25, 0.3) is 11.8 Å². The standard InChI is InChI=1S/C22H24N3O5P/c26-19-15(21(27)23-9-13-5-2-1-3-6-13)10-24-11-17-25(22(28)18(24)20(19)30-31)16-8-4-7-14(16)12-29-17/h1-3,5-6,10,14,16-17H,4,7-9,11-12,31H2,(H,23,27)/t14-,16-,17+/m0/s1. The van der Waals surface area contributed by atoms with Gasteiger partial charge in [0, 0.05) is 24.7 Å². The first kappa shape index (κ1) is 20.2. The predicted octanol–water partition coefficient (Wildman–Crippen LogP) is 1.93. The van der Waals surface area contributed by atoms with Gasteiger partial charge in [-0.2, -0.15) is 0 Å². The van der Waals surface area contributed by atoms with Crippen molar-refractivity contribution in [3.8, 4) is 5.75 Å². The highest BCUT2D eigenvalue weighted by Crippen LogP contribution is 2.39. The minimum absolute atomic E-state index is 0.0621. The summed E-state index contributed by atoms with van der Waals surface area (Å²) < 4.78 is 12.9. The fraction of sp³-hybridized carbons (Fsp3) is 0.409. The van der Waals surface area contributed by atoms with Crippen LogP contribution in [0.25, 0.3) is 0 Å². The van der Waals surface area contributed by atoms with E-state index in [9.17, 15) is 14.4 Å². The van der Waals surface area contributed by atoms with E-state index >= 15 is 0 Å². The van der Waals surface area contributed by atoms with Gasteiger partial charge in [-0.15, -0.1) is 0 Å². The smallest absolute Gasteiger partial charge is 0.276 e. The Balaban J connectivity index is 1.48. The molecule has 2 aromatic rings. The Morgan fingerprint density at radius 2 is 2.03 bits per heavy atom. The van der Waals surface area contributed by atoms with Crippen LogP contribution in [0.4, 0.5) is 0 Å². The first-order chi connectivity index (χ1) is 15.1. The lowest BCUT2D eigenvalue weighted by Gasteiger charge is -2.46. The number of ether oxygens (including phenoxy) is 1.